The number of hydrogen-bond acceptors (Lipinski definition) is 4. The minimum Gasteiger partial charge on any atom is -0.487 e. The summed E-state index contributed by atoms with van der Waals surface area (Å²) < 4.78 is 52.3. The van der Waals surface area contributed by atoms with Crippen LogP contribution >= 0.6 is 23.2 Å². The number of hydrogen-bond donors (Lipinski definition) is 1. The molecular weight excluding hydrogens is 554 g/mol. The van der Waals surface area contributed by atoms with E-state index >= 15 is 0 Å². The van der Waals surface area contributed by atoms with E-state index in [-0.39, 0.29) is 28.0 Å². The lowest BCUT2D eigenvalue weighted by atomic mass is 10.1. The highest BCUT2D eigenvalue weighted by atomic mass is 35.5. The third kappa shape index (κ3) is 7.25. The monoisotopic (exact) mass is 577 g/mol. The first-order valence-corrected chi connectivity index (χ1v) is 12.5. The average Bonchev–Trinajstić information content (AvgIpc) is 3.27. The van der Waals surface area contributed by atoms with Crippen molar-refractivity contribution in [3.63, 3.8) is 0 Å². The first kappa shape index (κ1) is 28.3. The number of anilines is 1. The molecule has 0 bridgehead atoms. The molecule has 1 aromatic heterocycles. The van der Waals surface area contributed by atoms with Gasteiger partial charge in [0.25, 0.3) is 0 Å². The number of aromatic nitrogens is 2. The second-order valence-corrected chi connectivity index (χ2v) is 10.3. The molecule has 4 aromatic rings. The largest absolute Gasteiger partial charge is 0.487 e. The van der Waals surface area contributed by atoms with Gasteiger partial charge < -0.3 is 9.47 Å². The fourth-order valence-electron chi connectivity index (χ4n) is 3.61. The minimum atomic E-state index is -4.66. The van der Waals surface area contributed by atoms with Crippen molar-refractivity contribution in [1.29, 1.82) is 0 Å². The third-order valence-electron chi connectivity index (χ3n) is 5.33. The molecule has 11 heteroatoms. The van der Waals surface area contributed by atoms with Crippen LogP contribution in [0.5, 0.6) is 5.75 Å². The van der Waals surface area contributed by atoms with Crippen molar-refractivity contribution in [2.24, 2.45) is 0 Å². The predicted molar refractivity (Wildman–Crippen MR) is 145 cm³/mol. The molecule has 1 N–H and O–H groups in total. The maximum absolute atomic E-state index is 13.4. The van der Waals surface area contributed by atoms with Crippen LogP contribution in [0.25, 0.3) is 16.8 Å². The Morgan fingerprint density at radius 1 is 0.923 bits per heavy atom. The highest BCUT2D eigenvalue weighted by Crippen LogP contribution is 2.34. The molecule has 39 heavy (non-hydrogen) atoms. The Bertz CT molecular complexity index is 1440. The number of ether oxygens (including phenoxy) is 2. The van der Waals surface area contributed by atoms with Gasteiger partial charge in [-0.25, -0.2) is 9.48 Å². The van der Waals surface area contributed by atoms with Gasteiger partial charge in [-0.05, 0) is 74.4 Å². The van der Waals surface area contributed by atoms with Crippen LogP contribution in [0.3, 0.4) is 0 Å². The predicted octanol–water partition coefficient (Wildman–Crippen LogP) is 8.79. The van der Waals surface area contributed by atoms with Crippen LogP contribution in [0.1, 0.15) is 32.2 Å². The topological polar surface area (TPSA) is 65.4 Å². The lowest BCUT2D eigenvalue weighted by molar-refractivity contribution is -0.141. The van der Waals surface area contributed by atoms with E-state index < -0.39 is 23.6 Å². The second kappa shape index (κ2) is 11.2. The fourth-order valence-corrected chi connectivity index (χ4v) is 4.17. The van der Waals surface area contributed by atoms with Gasteiger partial charge in [-0.15, -0.1) is 0 Å². The minimum absolute atomic E-state index is 0.120. The van der Waals surface area contributed by atoms with Crippen molar-refractivity contribution in [1.82, 2.24) is 9.78 Å². The van der Waals surface area contributed by atoms with Crippen molar-refractivity contribution in [3.8, 4) is 22.6 Å². The van der Waals surface area contributed by atoms with Gasteiger partial charge in [0.2, 0.25) is 0 Å². The number of carbonyl (C=O) groups excluding carboxylic acids is 1. The Hall–Kier alpha value is -3.69. The number of rotatable bonds is 6. The molecular formula is C28H24Cl2F3N3O3. The molecule has 1 heterocycles. The number of para-hydroxylation sites is 1. The summed E-state index contributed by atoms with van der Waals surface area (Å²) in [6.07, 6.45) is -5.20. The van der Waals surface area contributed by atoms with Crippen molar-refractivity contribution >= 4 is 35.0 Å². The van der Waals surface area contributed by atoms with Crippen LogP contribution in [0.2, 0.25) is 10.0 Å². The molecule has 0 saturated carbocycles. The lowest BCUT2D eigenvalue weighted by Crippen LogP contribution is -2.27. The van der Waals surface area contributed by atoms with Crippen LogP contribution in [0.4, 0.5) is 23.7 Å². The maximum atomic E-state index is 13.4. The van der Waals surface area contributed by atoms with E-state index in [1.807, 2.05) is 24.3 Å². The number of halogens is 5. The Labute approximate surface area is 233 Å². The second-order valence-electron chi connectivity index (χ2n) is 9.52. The van der Waals surface area contributed by atoms with Crippen LogP contribution in [-0.4, -0.2) is 21.5 Å². The van der Waals surface area contributed by atoms with Gasteiger partial charge in [0.15, 0.2) is 5.69 Å². The zero-order chi connectivity index (χ0) is 28.4. The number of carbonyl (C=O) groups is 1. The summed E-state index contributed by atoms with van der Waals surface area (Å²) in [7, 11) is 0. The molecule has 1 amide bonds. The molecule has 204 valence electrons. The van der Waals surface area contributed by atoms with Crippen molar-refractivity contribution in [3.05, 3.63) is 94.2 Å². The molecule has 6 nitrogen and oxygen atoms in total. The summed E-state index contributed by atoms with van der Waals surface area (Å²) in [5.41, 5.74) is 0.911. The quantitative estimate of drug-likeness (QED) is 0.248. The van der Waals surface area contributed by atoms with E-state index in [2.05, 4.69) is 10.4 Å². The van der Waals surface area contributed by atoms with Gasteiger partial charge in [0.05, 0.1) is 15.7 Å². The standard InChI is InChI=1S/C28H24Cl2F3N3O3/c1-27(2,3)39-26(37)34-19-11-7-17(8-12-19)18-9-13-21(14-10-18)38-16-20-15-24(28(31,32)33)35-36(20)25-22(29)5-4-6-23(25)30/h4-15H,16H2,1-3H3,(H,34,37). The van der Waals surface area contributed by atoms with E-state index in [0.717, 1.165) is 21.9 Å². The van der Waals surface area contributed by atoms with E-state index in [0.29, 0.717) is 11.4 Å². The lowest BCUT2D eigenvalue weighted by Gasteiger charge is -2.19. The van der Waals surface area contributed by atoms with Crippen molar-refractivity contribution in [2.45, 2.75) is 39.2 Å². The molecule has 0 fully saturated rings. The number of amides is 1. The van der Waals surface area contributed by atoms with Crippen molar-refractivity contribution in [2.75, 3.05) is 5.32 Å². The highest BCUT2D eigenvalue weighted by Gasteiger charge is 2.35. The molecule has 3 aromatic carbocycles. The van der Waals surface area contributed by atoms with E-state index in [1.165, 1.54) is 12.1 Å². The third-order valence-corrected chi connectivity index (χ3v) is 5.94. The van der Waals surface area contributed by atoms with Crippen LogP contribution < -0.4 is 10.1 Å². The normalized spacial score (nSPS) is 11.8. The van der Waals surface area contributed by atoms with Crippen LogP contribution in [-0.2, 0) is 17.5 Å². The zero-order valence-corrected chi connectivity index (χ0v) is 22.7. The van der Waals surface area contributed by atoms with Gasteiger partial charge in [0, 0.05) is 5.69 Å². The molecule has 0 aliphatic heterocycles. The molecule has 0 unspecified atom stereocenters. The van der Waals surface area contributed by atoms with Gasteiger partial charge in [0.1, 0.15) is 23.6 Å². The summed E-state index contributed by atoms with van der Waals surface area (Å²) in [5, 5.41) is 6.67. The number of nitrogens with one attached hydrogen (secondary N) is 1. The number of nitrogens with zero attached hydrogens (tertiary/aromatic N) is 2. The Morgan fingerprint density at radius 3 is 2.03 bits per heavy atom. The highest BCUT2D eigenvalue weighted by molar-refractivity contribution is 6.37. The molecule has 0 aliphatic carbocycles. The Balaban J connectivity index is 1.47. The zero-order valence-electron chi connectivity index (χ0n) is 21.1. The van der Waals surface area contributed by atoms with E-state index in [4.69, 9.17) is 32.7 Å². The first-order chi connectivity index (χ1) is 18.3. The van der Waals surface area contributed by atoms with Gasteiger partial charge in [-0.2, -0.15) is 18.3 Å². The number of benzene rings is 3. The molecule has 4 rings (SSSR count). The Kier molecular flexibility index (Phi) is 8.13. The SMILES string of the molecule is CC(C)(C)OC(=O)Nc1ccc(-c2ccc(OCc3cc(C(F)(F)F)nn3-c3c(Cl)cccc3Cl)cc2)cc1. The molecule has 0 atom stereocenters. The van der Waals surface area contributed by atoms with Crippen LogP contribution in [0.15, 0.2) is 72.8 Å². The summed E-state index contributed by atoms with van der Waals surface area (Å²) in [5.74, 6) is 0.438. The van der Waals surface area contributed by atoms with E-state index in [1.54, 1.807) is 51.1 Å². The molecule has 0 aliphatic rings. The van der Waals surface area contributed by atoms with E-state index in [9.17, 15) is 18.0 Å². The fraction of sp³-hybridized carbons (Fsp3) is 0.214. The molecule has 0 radical (unpaired) electrons. The maximum Gasteiger partial charge on any atom is 0.435 e. The van der Waals surface area contributed by atoms with Gasteiger partial charge in [-0.3, -0.25) is 5.32 Å². The molecule has 0 saturated heterocycles. The average molecular weight is 578 g/mol. The van der Waals surface area contributed by atoms with Gasteiger partial charge in [-0.1, -0.05) is 53.5 Å². The summed E-state index contributed by atoms with van der Waals surface area (Å²) >= 11 is 12.4. The number of alkyl halides is 3. The summed E-state index contributed by atoms with van der Waals surface area (Å²) in [4.78, 5) is 11.9. The summed E-state index contributed by atoms with van der Waals surface area (Å²) in [6.45, 7) is 5.14. The Morgan fingerprint density at radius 2 is 1.49 bits per heavy atom. The first-order valence-electron chi connectivity index (χ1n) is 11.7. The summed E-state index contributed by atoms with van der Waals surface area (Å²) in [6, 6.07) is 19.7. The smallest absolute Gasteiger partial charge is 0.435 e. The van der Waals surface area contributed by atoms with Gasteiger partial charge >= 0.3 is 12.3 Å². The van der Waals surface area contributed by atoms with Crippen LogP contribution in [0, 0.1) is 0 Å². The molecule has 0 spiro atoms. The van der Waals surface area contributed by atoms with Crippen molar-refractivity contribution < 1.29 is 27.4 Å².